The van der Waals surface area contributed by atoms with Crippen LogP contribution in [0.5, 0.6) is 5.75 Å². The molecule has 30 heavy (non-hydrogen) atoms. The minimum absolute atomic E-state index is 0.0152. The third-order valence-corrected chi connectivity index (χ3v) is 4.39. The number of amides is 1. The van der Waals surface area contributed by atoms with Gasteiger partial charge in [-0.05, 0) is 24.0 Å². The van der Waals surface area contributed by atoms with E-state index >= 15 is 0 Å². The Morgan fingerprint density at radius 3 is 2.47 bits per heavy atom. The minimum Gasteiger partial charge on any atom is -0.496 e. The first kappa shape index (κ1) is 23.0. The van der Waals surface area contributed by atoms with Crippen LogP contribution >= 0.6 is 0 Å². The second-order valence-electron chi connectivity index (χ2n) is 7.92. The van der Waals surface area contributed by atoms with Crippen LogP contribution in [-0.4, -0.2) is 29.1 Å². The highest BCUT2D eigenvalue weighted by atomic mass is 16.5. The van der Waals surface area contributed by atoms with Gasteiger partial charge in [-0.25, -0.2) is 4.79 Å². The van der Waals surface area contributed by atoms with Crippen LogP contribution in [0.15, 0.2) is 39.9 Å². The van der Waals surface area contributed by atoms with E-state index in [0.29, 0.717) is 12.3 Å². The summed E-state index contributed by atoms with van der Waals surface area (Å²) in [6.07, 6.45) is 3.00. The van der Waals surface area contributed by atoms with Gasteiger partial charge in [-0.2, -0.15) is 0 Å². The van der Waals surface area contributed by atoms with Gasteiger partial charge in [0.05, 0.1) is 7.11 Å². The molecule has 3 N–H and O–H groups in total. The molecule has 8 heteroatoms. The summed E-state index contributed by atoms with van der Waals surface area (Å²) in [5.74, 6) is 0.389. The van der Waals surface area contributed by atoms with Crippen molar-refractivity contribution < 1.29 is 9.53 Å². The van der Waals surface area contributed by atoms with E-state index in [-0.39, 0.29) is 29.9 Å². The molecule has 0 atom stereocenters. The van der Waals surface area contributed by atoms with E-state index < -0.39 is 17.2 Å². The van der Waals surface area contributed by atoms with E-state index in [1.54, 1.807) is 19.3 Å². The van der Waals surface area contributed by atoms with Crippen molar-refractivity contribution in [3.63, 3.8) is 0 Å². The predicted molar refractivity (Wildman–Crippen MR) is 120 cm³/mol. The average molecular weight is 415 g/mol. The Hall–Kier alpha value is -3.29. The number of aromatic nitrogens is 2. The molecule has 1 heterocycles. The number of H-pyrrole nitrogens is 1. The maximum absolute atomic E-state index is 13.1. The van der Waals surface area contributed by atoms with Gasteiger partial charge >= 0.3 is 5.69 Å². The first-order chi connectivity index (χ1) is 14.1. The first-order valence-corrected chi connectivity index (χ1v) is 9.90. The van der Waals surface area contributed by atoms with Crippen molar-refractivity contribution in [2.45, 2.75) is 34.2 Å². The molecule has 2 rings (SSSR count). The summed E-state index contributed by atoms with van der Waals surface area (Å²) < 4.78 is 6.60. The van der Waals surface area contributed by atoms with E-state index in [9.17, 15) is 14.4 Å². The van der Waals surface area contributed by atoms with Crippen molar-refractivity contribution in [1.29, 1.82) is 0 Å². The molecule has 0 aliphatic rings. The third kappa shape index (κ3) is 5.40. The number of anilines is 2. The maximum Gasteiger partial charge on any atom is 0.330 e. The number of nitrogens with zero attached hydrogens (tertiary/aromatic N) is 2. The van der Waals surface area contributed by atoms with Gasteiger partial charge in [0.25, 0.3) is 11.5 Å². The lowest BCUT2D eigenvalue weighted by Gasteiger charge is -2.25. The van der Waals surface area contributed by atoms with E-state index in [1.807, 2.05) is 45.9 Å². The summed E-state index contributed by atoms with van der Waals surface area (Å²) >= 11 is 0. The van der Waals surface area contributed by atoms with Crippen LogP contribution < -0.4 is 26.6 Å². The van der Waals surface area contributed by atoms with E-state index in [2.05, 4.69) is 4.98 Å². The molecule has 0 radical (unpaired) electrons. The smallest absolute Gasteiger partial charge is 0.330 e. The Balaban J connectivity index is 2.52. The molecule has 0 spiro atoms. The molecule has 0 fully saturated rings. The number of aromatic amines is 1. The highest BCUT2D eigenvalue weighted by Gasteiger charge is 2.24. The number of ether oxygens (including phenoxy) is 1. The molecule has 0 aliphatic carbocycles. The molecule has 2 aromatic rings. The lowest BCUT2D eigenvalue weighted by Crippen LogP contribution is -2.42. The third-order valence-electron chi connectivity index (χ3n) is 4.39. The zero-order chi connectivity index (χ0) is 22.4. The van der Waals surface area contributed by atoms with Gasteiger partial charge in [0.2, 0.25) is 0 Å². The van der Waals surface area contributed by atoms with Crippen LogP contribution in [-0.2, 0) is 11.3 Å². The Morgan fingerprint density at radius 2 is 1.87 bits per heavy atom. The van der Waals surface area contributed by atoms with Crippen molar-refractivity contribution in [2.24, 2.45) is 11.8 Å². The van der Waals surface area contributed by atoms with E-state index in [0.717, 1.165) is 5.56 Å². The van der Waals surface area contributed by atoms with Gasteiger partial charge in [-0.3, -0.25) is 19.1 Å². The predicted octanol–water partition coefficient (Wildman–Crippen LogP) is 2.49. The molecule has 1 aromatic carbocycles. The van der Waals surface area contributed by atoms with Crippen LogP contribution in [0.3, 0.4) is 0 Å². The summed E-state index contributed by atoms with van der Waals surface area (Å²) in [6, 6.07) is 7.28. The van der Waals surface area contributed by atoms with Crippen LogP contribution in [0.25, 0.3) is 6.08 Å². The molecular weight excluding hydrogens is 384 g/mol. The number of nitrogen functional groups attached to an aromatic ring is 1. The summed E-state index contributed by atoms with van der Waals surface area (Å²) in [6.45, 7) is 8.32. The fourth-order valence-electron chi connectivity index (χ4n) is 3.10. The van der Waals surface area contributed by atoms with Crippen LogP contribution in [0.4, 0.5) is 11.5 Å². The number of benzene rings is 1. The number of carbonyl (C=O) groups excluding carboxylic acids is 1. The topological polar surface area (TPSA) is 110 Å². The molecule has 162 valence electrons. The molecule has 1 amide bonds. The molecular formula is C22H30N4O4. The fourth-order valence-corrected chi connectivity index (χ4v) is 3.10. The van der Waals surface area contributed by atoms with Crippen molar-refractivity contribution in [3.05, 3.63) is 56.7 Å². The molecule has 0 saturated carbocycles. The van der Waals surface area contributed by atoms with E-state index in [1.165, 1.54) is 15.5 Å². The SMILES string of the molecule is COc1ccccc1/C=C/C(=O)N(CC(C)C)c1c(N)n(CC(C)C)c(=O)[nH]c1=O. The summed E-state index contributed by atoms with van der Waals surface area (Å²) in [4.78, 5) is 41.5. The van der Waals surface area contributed by atoms with Gasteiger partial charge < -0.3 is 15.4 Å². The van der Waals surface area contributed by atoms with Gasteiger partial charge in [-0.1, -0.05) is 45.9 Å². The average Bonchev–Trinajstić information content (AvgIpc) is 2.68. The monoisotopic (exact) mass is 414 g/mol. The van der Waals surface area contributed by atoms with Gasteiger partial charge in [-0.15, -0.1) is 0 Å². The lowest BCUT2D eigenvalue weighted by molar-refractivity contribution is -0.114. The van der Waals surface area contributed by atoms with Gasteiger partial charge in [0.1, 0.15) is 11.6 Å². The molecule has 0 saturated heterocycles. The Bertz CT molecular complexity index is 1030. The molecule has 0 bridgehead atoms. The normalized spacial score (nSPS) is 11.4. The number of nitrogens with one attached hydrogen (secondary N) is 1. The first-order valence-electron chi connectivity index (χ1n) is 9.90. The Kier molecular flexibility index (Phi) is 7.63. The number of para-hydroxylation sites is 1. The summed E-state index contributed by atoms with van der Waals surface area (Å²) in [7, 11) is 1.55. The second kappa shape index (κ2) is 9.96. The van der Waals surface area contributed by atoms with Gasteiger partial charge in [0.15, 0.2) is 5.69 Å². The van der Waals surface area contributed by atoms with Crippen molar-refractivity contribution in [2.75, 3.05) is 24.3 Å². The molecule has 8 nitrogen and oxygen atoms in total. The summed E-state index contributed by atoms with van der Waals surface area (Å²) in [5, 5.41) is 0. The zero-order valence-electron chi connectivity index (χ0n) is 18.1. The van der Waals surface area contributed by atoms with Crippen LogP contribution in [0, 0.1) is 11.8 Å². The van der Waals surface area contributed by atoms with E-state index in [4.69, 9.17) is 10.5 Å². The number of carbonyl (C=O) groups is 1. The molecule has 0 aliphatic heterocycles. The Morgan fingerprint density at radius 1 is 1.20 bits per heavy atom. The summed E-state index contributed by atoms with van der Waals surface area (Å²) in [5.41, 5.74) is 5.65. The van der Waals surface area contributed by atoms with Crippen molar-refractivity contribution in [3.8, 4) is 5.75 Å². The zero-order valence-corrected chi connectivity index (χ0v) is 18.1. The Labute approximate surface area is 176 Å². The standard InChI is InChI=1S/C22H30N4O4/c1-14(2)12-25(18(27)11-10-16-8-6-7-9-17(16)30-5)19-20(23)26(13-15(3)4)22(29)24-21(19)28/h6-11,14-15H,12-13,23H2,1-5H3,(H,24,28,29)/b11-10+. The van der Waals surface area contributed by atoms with Crippen molar-refractivity contribution >= 4 is 23.5 Å². The quantitative estimate of drug-likeness (QED) is 0.645. The molecule has 0 unspecified atom stereocenters. The highest BCUT2D eigenvalue weighted by molar-refractivity contribution is 6.05. The highest BCUT2D eigenvalue weighted by Crippen LogP contribution is 2.22. The molecule has 1 aromatic heterocycles. The second-order valence-corrected chi connectivity index (χ2v) is 7.92. The minimum atomic E-state index is -0.683. The number of hydrogen-bond donors (Lipinski definition) is 2. The van der Waals surface area contributed by atoms with Crippen molar-refractivity contribution in [1.82, 2.24) is 9.55 Å². The maximum atomic E-state index is 13.1. The number of rotatable bonds is 8. The lowest BCUT2D eigenvalue weighted by atomic mass is 10.1. The number of methoxy groups -OCH3 is 1. The van der Waals surface area contributed by atoms with Crippen LogP contribution in [0.2, 0.25) is 0 Å². The number of hydrogen-bond acceptors (Lipinski definition) is 5. The number of nitrogens with two attached hydrogens (primary N) is 1. The van der Waals surface area contributed by atoms with Crippen LogP contribution in [0.1, 0.15) is 33.3 Å². The fraction of sp³-hybridized carbons (Fsp3) is 0.409. The largest absolute Gasteiger partial charge is 0.496 e. The van der Waals surface area contributed by atoms with Gasteiger partial charge in [0, 0.05) is 24.7 Å².